The molecule has 0 aliphatic carbocycles. The van der Waals surface area contributed by atoms with Crippen LogP contribution in [0.2, 0.25) is 0 Å². The molecular weight excluding hydrogens is 593 g/mol. The lowest BCUT2D eigenvalue weighted by molar-refractivity contribution is -0.385. The largest absolute Gasteiger partial charge is 0.353 e. The van der Waals surface area contributed by atoms with Crippen molar-refractivity contribution in [3.63, 3.8) is 0 Å². The summed E-state index contributed by atoms with van der Waals surface area (Å²) in [5.74, 6) is 0. The van der Waals surface area contributed by atoms with E-state index in [1.165, 1.54) is 45.9 Å². The zero-order chi connectivity index (χ0) is 28.6. The van der Waals surface area contributed by atoms with Crippen LogP contribution in [0.1, 0.15) is 52.4 Å². The fraction of sp³-hybridized carbons (Fsp3) is 0.417. The number of rotatable bonds is 12. The molecule has 2 unspecified atom stereocenters. The molecule has 0 saturated carbocycles. The van der Waals surface area contributed by atoms with E-state index in [1.54, 1.807) is 47.8 Å². The Hall–Kier alpha value is -2.82. The van der Waals surface area contributed by atoms with E-state index in [4.69, 9.17) is 0 Å². The zero-order valence-corrected chi connectivity index (χ0v) is 25.2. The summed E-state index contributed by atoms with van der Waals surface area (Å²) in [5, 5.41) is 38.1. The van der Waals surface area contributed by atoms with Crippen molar-refractivity contribution < 1.29 is 9.85 Å². The van der Waals surface area contributed by atoms with Crippen LogP contribution in [0.5, 0.6) is 0 Å². The number of nitrogens with zero attached hydrogens (tertiary/aromatic N) is 4. The lowest BCUT2D eigenvalue weighted by Crippen LogP contribution is -2.43. The maximum Gasteiger partial charge on any atom is 0.269 e. The summed E-state index contributed by atoms with van der Waals surface area (Å²) in [7, 11) is 3.03. The van der Waals surface area contributed by atoms with Crippen LogP contribution in [0.25, 0.3) is 0 Å². The number of hydrogen-bond acceptors (Lipinski definition) is 14. The van der Waals surface area contributed by atoms with Gasteiger partial charge >= 0.3 is 0 Å². The van der Waals surface area contributed by atoms with E-state index in [0.717, 1.165) is 58.7 Å². The first kappa shape index (κ1) is 30.1. The van der Waals surface area contributed by atoms with E-state index < -0.39 is 19.8 Å². The van der Waals surface area contributed by atoms with Crippen molar-refractivity contribution in [1.29, 1.82) is 0 Å². The minimum absolute atomic E-state index is 0.0469. The highest BCUT2D eigenvalue weighted by molar-refractivity contribution is 8.93. The molecule has 0 spiro atoms. The average molecular weight is 623 g/mol. The second-order valence-corrected chi connectivity index (χ2v) is 14.3. The second kappa shape index (κ2) is 13.7. The summed E-state index contributed by atoms with van der Waals surface area (Å²) in [6.07, 6.45) is 5.59. The lowest BCUT2D eigenvalue weighted by atomic mass is 10.2. The summed E-state index contributed by atoms with van der Waals surface area (Å²) in [6, 6.07) is 12.8. The van der Waals surface area contributed by atoms with E-state index in [-0.39, 0.29) is 11.4 Å². The number of thioether (sulfide) groups is 2. The number of non-ortho nitro benzene ring substituents is 2. The maximum atomic E-state index is 11.0. The molecule has 4 N–H and O–H groups in total. The molecule has 0 radical (unpaired) electrons. The zero-order valence-electron chi connectivity index (χ0n) is 21.9. The number of benzene rings is 2. The molecule has 2 aliphatic rings. The standard InChI is InChI=1S/C24H30N8O4S4/c1-3-5-15-23(25-17-7-11-19(12-8-17)31(33)34)29-27-21(37-23)39-40-22-28-30-24(38-22,16-6-4-2)26-18-9-13-20(14-10-18)32(35)36/h7-14,25-26,29-30H,3-6,15-16H2,1-2H3. The normalized spacial score (nSPS) is 21.6. The van der Waals surface area contributed by atoms with Gasteiger partial charge in [0.2, 0.25) is 0 Å². The minimum atomic E-state index is -0.555. The molecule has 2 atom stereocenters. The second-order valence-electron chi connectivity index (χ2n) is 9.07. The van der Waals surface area contributed by atoms with Gasteiger partial charge in [-0.25, -0.2) is 0 Å². The molecule has 0 fully saturated rings. The van der Waals surface area contributed by atoms with Crippen LogP contribution in [-0.4, -0.2) is 28.6 Å². The van der Waals surface area contributed by atoms with E-state index in [1.807, 2.05) is 0 Å². The molecule has 0 saturated heterocycles. The molecule has 2 aliphatic heterocycles. The third-order valence-corrected chi connectivity index (χ3v) is 11.4. The average Bonchev–Trinajstić information content (AvgIpc) is 3.54. The van der Waals surface area contributed by atoms with Gasteiger partial charge in [0, 0.05) is 48.5 Å². The Bertz CT molecular complexity index is 1170. The van der Waals surface area contributed by atoms with E-state index in [9.17, 15) is 20.2 Å². The SMILES string of the molecule is CCCCC1(Nc2ccc([N+](=O)[O-])cc2)NN=C(SSC2=NNC(CCCC)(Nc3ccc([N+](=O)[O-])cc3)S2)S1. The predicted molar refractivity (Wildman–Crippen MR) is 169 cm³/mol. The molecule has 0 aromatic heterocycles. The van der Waals surface area contributed by atoms with Gasteiger partial charge in [-0.3, -0.25) is 31.1 Å². The van der Waals surface area contributed by atoms with Crippen molar-refractivity contribution in [2.75, 3.05) is 10.6 Å². The Morgan fingerprint density at radius 1 is 0.750 bits per heavy atom. The fourth-order valence-corrected chi connectivity index (χ4v) is 9.00. The number of unbranched alkanes of at least 4 members (excludes halogenated alkanes) is 2. The summed E-state index contributed by atoms with van der Waals surface area (Å²) >= 11 is 3.18. The molecule has 0 bridgehead atoms. The molecule has 2 heterocycles. The van der Waals surface area contributed by atoms with E-state index >= 15 is 0 Å². The van der Waals surface area contributed by atoms with Gasteiger partial charge in [0.15, 0.2) is 18.7 Å². The molecule has 12 nitrogen and oxygen atoms in total. The van der Waals surface area contributed by atoms with Crippen molar-refractivity contribution in [1.82, 2.24) is 10.9 Å². The van der Waals surface area contributed by atoms with Crippen LogP contribution >= 0.6 is 45.1 Å². The monoisotopic (exact) mass is 622 g/mol. The minimum Gasteiger partial charge on any atom is -0.353 e. The highest BCUT2D eigenvalue weighted by Gasteiger charge is 2.40. The number of anilines is 2. The molecule has 2 aromatic rings. The summed E-state index contributed by atoms with van der Waals surface area (Å²) in [4.78, 5) is 20.1. The summed E-state index contributed by atoms with van der Waals surface area (Å²) in [6.45, 7) is 4.26. The number of nitrogens with one attached hydrogen (secondary N) is 4. The molecular formula is C24H30N8O4S4. The number of hydrogen-bond donors (Lipinski definition) is 4. The molecule has 2 aromatic carbocycles. The molecule has 0 amide bonds. The van der Waals surface area contributed by atoms with Crippen LogP contribution in [0.15, 0.2) is 58.7 Å². The van der Waals surface area contributed by atoms with Crippen LogP contribution in [0, 0.1) is 20.2 Å². The van der Waals surface area contributed by atoms with Gasteiger partial charge < -0.3 is 10.6 Å². The quantitative estimate of drug-likeness (QED) is 0.106. The van der Waals surface area contributed by atoms with Crippen molar-refractivity contribution in [2.45, 2.75) is 62.4 Å². The van der Waals surface area contributed by atoms with Crippen molar-refractivity contribution in [3.05, 3.63) is 68.8 Å². The number of hydrazone groups is 2. The Morgan fingerprint density at radius 3 is 1.45 bits per heavy atom. The first-order valence-corrected chi connectivity index (χ1v) is 16.5. The Labute approximate surface area is 248 Å². The van der Waals surface area contributed by atoms with Gasteiger partial charge in [-0.15, -0.1) is 0 Å². The van der Waals surface area contributed by atoms with Crippen molar-refractivity contribution in [2.24, 2.45) is 10.2 Å². The highest BCUT2D eigenvalue weighted by Crippen LogP contribution is 2.46. The fourth-order valence-electron chi connectivity index (χ4n) is 3.90. The van der Waals surface area contributed by atoms with Crippen molar-refractivity contribution in [3.8, 4) is 0 Å². The van der Waals surface area contributed by atoms with Gasteiger partial charge in [-0.1, -0.05) is 26.7 Å². The Kier molecular flexibility index (Phi) is 10.3. The van der Waals surface area contributed by atoms with Crippen molar-refractivity contribution >= 4 is 76.6 Å². The lowest BCUT2D eigenvalue weighted by Gasteiger charge is -2.30. The van der Waals surface area contributed by atoms with Crippen LogP contribution in [-0.2, 0) is 0 Å². The summed E-state index contributed by atoms with van der Waals surface area (Å²) < 4.78 is 1.68. The van der Waals surface area contributed by atoms with Crippen LogP contribution < -0.4 is 21.5 Å². The van der Waals surface area contributed by atoms with E-state index in [0.29, 0.717) is 0 Å². The molecule has 40 heavy (non-hydrogen) atoms. The van der Waals surface area contributed by atoms with Gasteiger partial charge in [0.05, 0.1) is 9.85 Å². The molecule has 4 rings (SSSR count). The Morgan fingerprint density at radius 2 is 1.12 bits per heavy atom. The summed E-state index contributed by atoms with van der Waals surface area (Å²) in [5.41, 5.74) is 8.15. The smallest absolute Gasteiger partial charge is 0.269 e. The maximum absolute atomic E-state index is 11.0. The van der Waals surface area contributed by atoms with Gasteiger partial charge in [0.25, 0.3) is 11.4 Å². The number of nitro benzene ring substituents is 2. The molecule has 16 heteroatoms. The van der Waals surface area contributed by atoms with Gasteiger partial charge in [-0.05, 0) is 82.2 Å². The third-order valence-electron chi connectivity index (χ3n) is 5.98. The van der Waals surface area contributed by atoms with Gasteiger partial charge in [0.1, 0.15) is 0 Å². The first-order valence-electron chi connectivity index (χ1n) is 12.7. The first-order chi connectivity index (χ1) is 19.3. The molecule has 214 valence electrons. The highest BCUT2D eigenvalue weighted by atomic mass is 33.1. The van der Waals surface area contributed by atoms with Crippen LogP contribution in [0.3, 0.4) is 0 Å². The third kappa shape index (κ3) is 7.89. The Balaban J connectivity index is 1.35. The van der Waals surface area contributed by atoms with Gasteiger partial charge in [-0.2, -0.15) is 10.2 Å². The van der Waals surface area contributed by atoms with E-state index in [2.05, 4.69) is 45.5 Å². The van der Waals surface area contributed by atoms with Crippen LogP contribution in [0.4, 0.5) is 22.7 Å². The topological polar surface area (TPSA) is 159 Å². The number of nitro groups is 2. The predicted octanol–water partition coefficient (Wildman–Crippen LogP) is 7.31.